The molecule has 1 N–H and O–H groups in total. The number of aromatic nitrogens is 1. The second kappa shape index (κ2) is 8.81. The number of rotatable bonds is 7. The summed E-state index contributed by atoms with van der Waals surface area (Å²) in [5.74, 6) is 0.761. The molecule has 8 heteroatoms. The molecule has 1 heterocycles. The number of anilines is 1. The number of nitrogens with one attached hydrogen (secondary N) is 1. The highest BCUT2D eigenvalue weighted by Crippen LogP contribution is 2.23. The first-order valence-corrected chi connectivity index (χ1v) is 8.90. The molecule has 0 atom stereocenters. The number of benzene rings is 2. The Morgan fingerprint density at radius 2 is 1.93 bits per heavy atom. The van der Waals surface area contributed by atoms with Crippen molar-refractivity contribution in [2.24, 2.45) is 0 Å². The van der Waals surface area contributed by atoms with Crippen LogP contribution < -0.4 is 10.1 Å². The summed E-state index contributed by atoms with van der Waals surface area (Å²) in [6.07, 6.45) is -2.41. The first kappa shape index (κ1) is 20.4. The number of halogens is 3. The SMILES string of the molecule is Cc1ccc(-c2cnc(CCC(=O)Nc3cccc(OCC(F)(F)F)c3)o2)cc1. The van der Waals surface area contributed by atoms with Crippen LogP contribution in [0.1, 0.15) is 17.9 Å². The quantitative estimate of drug-likeness (QED) is 0.591. The Morgan fingerprint density at radius 3 is 2.66 bits per heavy atom. The van der Waals surface area contributed by atoms with Crippen LogP contribution >= 0.6 is 0 Å². The second-order valence-corrected chi connectivity index (χ2v) is 6.46. The van der Waals surface area contributed by atoms with Gasteiger partial charge < -0.3 is 14.5 Å². The minimum absolute atomic E-state index is 0.0237. The summed E-state index contributed by atoms with van der Waals surface area (Å²) >= 11 is 0. The molecule has 0 aliphatic rings. The second-order valence-electron chi connectivity index (χ2n) is 6.46. The number of alkyl halides is 3. The number of aryl methyl sites for hydroxylation is 2. The predicted molar refractivity (Wildman–Crippen MR) is 102 cm³/mol. The molecule has 1 amide bonds. The third-order valence-electron chi connectivity index (χ3n) is 3.98. The van der Waals surface area contributed by atoms with Gasteiger partial charge >= 0.3 is 6.18 Å². The van der Waals surface area contributed by atoms with Crippen LogP contribution in [0.5, 0.6) is 5.75 Å². The van der Waals surface area contributed by atoms with E-state index in [1.54, 1.807) is 12.3 Å². The van der Waals surface area contributed by atoms with Crippen LogP contribution in [0, 0.1) is 6.92 Å². The molecule has 3 rings (SSSR count). The molecular formula is C21H19F3N2O3. The van der Waals surface area contributed by atoms with Crippen molar-refractivity contribution in [2.75, 3.05) is 11.9 Å². The van der Waals surface area contributed by atoms with E-state index < -0.39 is 12.8 Å². The molecule has 3 aromatic rings. The Kier molecular flexibility index (Phi) is 6.21. The molecule has 5 nitrogen and oxygen atoms in total. The average molecular weight is 404 g/mol. The molecule has 152 valence electrons. The Balaban J connectivity index is 1.52. The van der Waals surface area contributed by atoms with Crippen LogP contribution in [0.4, 0.5) is 18.9 Å². The van der Waals surface area contributed by atoms with E-state index >= 15 is 0 Å². The monoisotopic (exact) mass is 404 g/mol. The largest absolute Gasteiger partial charge is 0.484 e. The normalized spacial score (nSPS) is 11.3. The van der Waals surface area contributed by atoms with E-state index in [-0.39, 0.29) is 18.1 Å². The molecule has 0 unspecified atom stereocenters. The predicted octanol–water partition coefficient (Wildman–Crippen LogP) is 5.16. The minimum Gasteiger partial charge on any atom is -0.484 e. The van der Waals surface area contributed by atoms with Gasteiger partial charge in [-0.05, 0) is 19.1 Å². The van der Waals surface area contributed by atoms with E-state index in [4.69, 9.17) is 4.42 Å². The molecule has 29 heavy (non-hydrogen) atoms. The maximum Gasteiger partial charge on any atom is 0.422 e. The zero-order valence-corrected chi connectivity index (χ0v) is 15.6. The number of oxazole rings is 1. The van der Waals surface area contributed by atoms with Crippen LogP contribution in [0.3, 0.4) is 0 Å². The Morgan fingerprint density at radius 1 is 1.17 bits per heavy atom. The van der Waals surface area contributed by atoms with E-state index in [1.165, 1.54) is 18.2 Å². The van der Waals surface area contributed by atoms with E-state index in [0.29, 0.717) is 23.8 Å². The number of nitrogens with zero attached hydrogens (tertiary/aromatic N) is 1. The van der Waals surface area contributed by atoms with Crippen molar-refractivity contribution in [3.05, 3.63) is 66.2 Å². The number of hydrogen-bond acceptors (Lipinski definition) is 4. The Bertz CT molecular complexity index is 966. The molecule has 0 saturated carbocycles. The third kappa shape index (κ3) is 6.38. The fourth-order valence-corrected chi connectivity index (χ4v) is 2.55. The van der Waals surface area contributed by atoms with Crippen LogP contribution in [-0.2, 0) is 11.2 Å². The van der Waals surface area contributed by atoms with Gasteiger partial charge in [-0.25, -0.2) is 4.98 Å². The Hall–Kier alpha value is -3.29. The molecule has 0 aliphatic carbocycles. The van der Waals surface area contributed by atoms with Gasteiger partial charge in [-0.2, -0.15) is 13.2 Å². The van der Waals surface area contributed by atoms with Gasteiger partial charge in [0.1, 0.15) is 5.75 Å². The summed E-state index contributed by atoms with van der Waals surface area (Å²) in [6.45, 7) is 0.601. The van der Waals surface area contributed by atoms with Crippen molar-refractivity contribution in [2.45, 2.75) is 25.9 Å². The Labute approximate surface area is 165 Å². The standard InChI is InChI=1S/C21H19F3N2O3/c1-14-5-7-15(8-6-14)18-12-25-20(29-18)10-9-19(27)26-16-3-2-4-17(11-16)28-13-21(22,23)24/h2-8,11-12H,9-10,13H2,1H3,(H,26,27). The lowest BCUT2D eigenvalue weighted by Gasteiger charge is -2.10. The summed E-state index contributed by atoms with van der Waals surface area (Å²) in [5.41, 5.74) is 2.38. The maximum absolute atomic E-state index is 12.2. The van der Waals surface area contributed by atoms with Crippen molar-refractivity contribution in [3.8, 4) is 17.1 Å². The summed E-state index contributed by atoms with van der Waals surface area (Å²) in [4.78, 5) is 16.3. The van der Waals surface area contributed by atoms with Gasteiger partial charge in [0.05, 0.1) is 6.20 Å². The van der Waals surface area contributed by atoms with Crippen molar-refractivity contribution in [3.63, 3.8) is 0 Å². The van der Waals surface area contributed by atoms with Gasteiger partial charge in [-0.15, -0.1) is 0 Å². The number of carbonyl (C=O) groups excluding carboxylic acids is 1. The fourth-order valence-electron chi connectivity index (χ4n) is 2.55. The van der Waals surface area contributed by atoms with Gasteiger partial charge in [-0.1, -0.05) is 35.9 Å². The lowest BCUT2D eigenvalue weighted by molar-refractivity contribution is -0.153. The third-order valence-corrected chi connectivity index (χ3v) is 3.98. The highest BCUT2D eigenvalue weighted by atomic mass is 19.4. The molecule has 0 spiro atoms. The average Bonchev–Trinajstić information content (AvgIpc) is 3.14. The molecule has 0 fully saturated rings. The summed E-state index contributed by atoms with van der Waals surface area (Å²) < 4.78 is 47.0. The lowest BCUT2D eigenvalue weighted by Crippen LogP contribution is -2.19. The van der Waals surface area contributed by atoms with Crippen LogP contribution in [0.15, 0.2) is 59.1 Å². The topological polar surface area (TPSA) is 64.4 Å². The molecule has 0 radical (unpaired) electrons. The highest BCUT2D eigenvalue weighted by Gasteiger charge is 2.28. The zero-order valence-electron chi connectivity index (χ0n) is 15.6. The molecular weight excluding hydrogens is 385 g/mol. The van der Waals surface area contributed by atoms with Gasteiger partial charge in [0.15, 0.2) is 18.3 Å². The maximum atomic E-state index is 12.2. The first-order chi connectivity index (χ1) is 13.8. The molecule has 2 aromatic carbocycles. The van der Waals surface area contributed by atoms with Gasteiger partial charge in [0, 0.05) is 30.2 Å². The zero-order chi connectivity index (χ0) is 20.9. The fraction of sp³-hybridized carbons (Fsp3) is 0.238. The summed E-state index contributed by atoms with van der Waals surface area (Å²) in [7, 11) is 0. The number of ether oxygens (including phenoxy) is 1. The number of carbonyl (C=O) groups is 1. The van der Waals surface area contributed by atoms with Crippen molar-refractivity contribution in [1.29, 1.82) is 0 Å². The van der Waals surface area contributed by atoms with Crippen molar-refractivity contribution >= 4 is 11.6 Å². The molecule has 0 bridgehead atoms. The molecule has 0 aliphatic heterocycles. The van der Waals surface area contributed by atoms with E-state index in [1.807, 2.05) is 31.2 Å². The first-order valence-electron chi connectivity index (χ1n) is 8.90. The van der Waals surface area contributed by atoms with Gasteiger partial charge in [0.2, 0.25) is 5.91 Å². The van der Waals surface area contributed by atoms with E-state index in [2.05, 4.69) is 15.0 Å². The molecule has 0 saturated heterocycles. The van der Waals surface area contributed by atoms with E-state index in [9.17, 15) is 18.0 Å². The van der Waals surface area contributed by atoms with Crippen molar-refractivity contribution < 1.29 is 27.1 Å². The van der Waals surface area contributed by atoms with Gasteiger partial charge in [0.25, 0.3) is 0 Å². The summed E-state index contributed by atoms with van der Waals surface area (Å²) in [6, 6.07) is 13.6. The van der Waals surface area contributed by atoms with E-state index in [0.717, 1.165) is 11.1 Å². The van der Waals surface area contributed by atoms with Crippen LogP contribution in [0.2, 0.25) is 0 Å². The minimum atomic E-state index is -4.42. The highest BCUT2D eigenvalue weighted by molar-refractivity contribution is 5.90. The smallest absolute Gasteiger partial charge is 0.422 e. The number of amides is 1. The number of hydrogen-bond donors (Lipinski definition) is 1. The van der Waals surface area contributed by atoms with Crippen LogP contribution in [-0.4, -0.2) is 23.7 Å². The van der Waals surface area contributed by atoms with Crippen molar-refractivity contribution in [1.82, 2.24) is 4.98 Å². The lowest BCUT2D eigenvalue weighted by atomic mass is 10.1. The molecule has 1 aromatic heterocycles. The summed E-state index contributed by atoms with van der Waals surface area (Å²) in [5, 5.41) is 2.62. The van der Waals surface area contributed by atoms with Gasteiger partial charge in [-0.3, -0.25) is 4.79 Å². The van der Waals surface area contributed by atoms with Crippen LogP contribution in [0.25, 0.3) is 11.3 Å².